The third-order valence-electron chi connectivity index (χ3n) is 2.84. The molecule has 1 aromatic rings. The zero-order valence-corrected chi connectivity index (χ0v) is 13.1. The summed E-state index contributed by atoms with van der Waals surface area (Å²) in [4.78, 5) is 23.5. The molecule has 1 rings (SSSR count). The number of methoxy groups -OCH3 is 1. The van der Waals surface area contributed by atoms with Gasteiger partial charge < -0.3 is 14.8 Å². The molecule has 0 radical (unpaired) electrons. The number of benzene rings is 1. The summed E-state index contributed by atoms with van der Waals surface area (Å²) in [6.07, 6.45) is 0. The van der Waals surface area contributed by atoms with Crippen LogP contribution in [0, 0.1) is 5.92 Å². The Morgan fingerprint density at radius 3 is 2.38 bits per heavy atom. The first-order valence-electron chi connectivity index (χ1n) is 6.65. The van der Waals surface area contributed by atoms with E-state index < -0.39 is 23.3 Å². The molecule has 2 atom stereocenters. The molecule has 0 aliphatic heterocycles. The maximum absolute atomic E-state index is 12.0. The number of amides is 1. The van der Waals surface area contributed by atoms with Gasteiger partial charge in [-0.15, -0.1) is 11.6 Å². The fraction of sp³-hybridized carbons (Fsp3) is 0.467. The molecule has 116 valence electrons. The van der Waals surface area contributed by atoms with E-state index in [9.17, 15) is 9.59 Å². The van der Waals surface area contributed by atoms with E-state index in [4.69, 9.17) is 16.3 Å². The van der Waals surface area contributed by atoms with Crippen molar-refractivity contribution in [2.45, 2.75) is 25.3 Å². The Bertz CT molecular complexity index is 464. The molecule has 0 bridgehead atoms. The Kier molecular flexibility index (Phi) is 7.02. The molecule has 1 unspecified atom stereocenters. The smallest absolute Gasteiger partial charge is 0.328 e. The molecular weight excluding hydrogens is 294 g/mol. The van der Waals surface area contributed by atoms with Crippen LogP contribution < -0.4 is 10.1 Å². The van der Waals surface area contributed by atoms with E-state index >= 15 is 0 Å². The molecule has 0 aromatic heterocycles. The van der Waals surface area contributed by atoms with Gasteiger partial charge in [0, 0.05) is 0 Å². The lowest BCUT2D eigenvalue weighted by Crippen LogP contribution is -2.48. The molecule has 0 fully saturated rings. The minimum absolute atomic E-state index is 0.0173. The molecule has 5 nitrogen and oxygen atoms in total. The van der Waals surface area contributed by atoms with Gasteiger partial charge in [-0.2, -0.15) is 0 Å². The predicted molar refractivity (Wildman–Crippen MR) is 80.4 cm³/mol. The van der Waals surface area contributed by atoms with Crippen LogP contribution in [0.2, 0.25) is 0 Å². The van der Waals surface area contributed by atoms with Crippen molar-refractivity contribution in [2.75, 3.05) is 13.7 Å². The van der Waals surface area contributed by atoms with Gasteiger partial charge in [0.2, 0.25) is 5.91 Å². The van der Waals surface area contributed by atoms with Crippen molar-refractivity contribution in [1.82, 2.24) is 5.32 Å². The highest BCUT2D eigenvalue weighted by Gasteiger charge is 2.27. The first kappa shape index (κ1) is 17.3. The summed E-state index contributed by atoms with van der Waals surface area (Å²) < 4.78 is 10.1. The van der Waals surface area contributed by atoms with Gasteiger partial charge in [0.25, 0.3) is 0 Å². The SMILES string of the molecule is COC(=O)[C@@H](NC(=O)C(Cl)COc1ccccc1)C(C)C. The fourth-order valence-corrected chi connectivity index (χ4v) is 1.76. The lowest BCUT2D eigenvalue weighted by atomic mass is 10.0. The number of carbonyl (C=O) groups is 2. The van der Waals surface area contributed by atoms with E-state index in [1.807, 2.05) is 32.0 Å². The molecule has 0 saturated heterocycles. The molecule has 1 aromatic carbocycles. The number of alkyl halides is 1. The minimum atomic E-state index is -0.892. The Hall–Kier alpha value is -1.75. The standard InChI is InChI=1S/C15H20ClNO4/c1-10(2)13(15(19)20-3)17-14(18)12(16)9-21-11-7-5-4-6-8-11/h4-8,10,12-13H,9H2,1-3H3,(H,17,18)/t12?,13-/m0/s1. The second-order valence-corrected chi connectivity index (χ2v) is 5.37. The summed E-state index contributed by atoms with van der Waals surface area (Å²) in [6.45, 7) is 3.64. The molecule has 0 spiro atoms. The summed E-state index contributed by atoms with van der Waals surface area (Å²) in [5, 5.41) is 1.69. The largest absolute Gasteiger partial charge is 0.492 e. The molecule has 1 N–H and O–H groups in total. The van der Waals surface area contributed by atoms with Gasteiger partial charge >= 0.3 is 5.97 Å². The number of esters is 1. The number of nitrogens with one attached hydrogen (secondary N) is 1. The Labute approximate surface area is 129 Å². The summed E-state index contributed by atoms with van der Waals surface area (Å²) >= 11 is 5.99. The normalized spacial score (nSPS) is 13.4. The maximum atomic E-state index is 12.0. The zero-order chi connectivity index (χ0) is 15.8. The first-order valence-corrected chi connectivity index (χ1v) is 7.09. The second kappa shape index (κ2) is 8.52. The van der Waals surface area contributed by atoms with Crippen molar-refractivity contribution in [1.29, 1.82) is 0 Å². The van der Waals surface area contributed by atoms with Gasteiger partial charge in [-0.3, -0.25) is 4.79 Å². The van der Waals surface area contributed by atoms with E-state index in [2.05, 4.69) is 10.1 Å². The number of hydrogen-bond donors (Lipinski definition) is 1. The van der Waals surface area contributed by atoms with Crippen molar-refractivity contribution in [3.05, 3.63) is 30.3 Å². The van der Waals surface area contributed by atoms with E-state index in [0.29, 0.717) is 5.75 Å². The zero-order valence-electron chi connectivity index (χ0n) is 12.3. The van der Waals surface area contributed by atoms with E-state index in [0.717, 1.165) is 0 Å². The fourth-order valence-electron chi connectivity index (χ4n) is 1.63. The Morgan fingerprint density at radius 1 is 1.24 bits per heavy atom. The topological polar surface area (TPSA) is 64.6 Å². The minimum Gasteiger partial charge on any atom is -0.492 e. The van der Waals surface area contributed by atoms with Crippen LogP contribution in [0.3, 0.4) is 0 Å². The predicted octanol–water partition coefficient (Wildman–Crippen LogP) is 1.99. The highest BCUT2D eigenvalue weighted by molar-refractivity contribution is 6.31. The van der Waals surface area contributed by atoms with Crippen LogP contribution in [0.25, 0.3) is 0 Å². The molecule has 0 aliphatic rings. The number of rotatable bonds is 7. The summed E-state index contributed by atoms with van der Waals surface area (Å²) in [6, 6.07) is 8.33. The first-order chi connectivity index (χ1) is 9.95. The molecule has 0 heterocycles. The second-order valence-electron chi connectivity index (χ2n) is 4.85. The van der Waals surface area contributed by atoms with Gasteiger partial charge in [-0.1, -0.05) is 32.0 Å². The summed E-state index contributed by atoms with van der Waals surface area (Å²) in [5.41, 5.74) is 0. The average molecular weight is 314 g/mol. The third kappa shape index (κ3) is 5.63. The molecule has 0 aliphatic carbocycles. The van der Waals surface area contributed by atoms with Crippen LogP contribution in [-0.2, 0) is 14.3 Å². The monoisotopic (exact) mass is 313 g/mol. The number of ether oxygens (including phenoxy) is 2. The van der Waals surface area contributed by atoms with E-state index in [-0.39, 0.29) is 12.5 Å². The van der Waals surface area contributed by atoms with Crippen LogP contribution in [-0.4, -0.2) is 37.0 Å². The van der Waals surface area contributed by atoms with Crippen molar-refractivity contribution in [3.63, 3.8) is 0 Å². The Morgan fingerprint density at radius 2 is 1.86 bits per heavy atom. The van der Waals surface area contributed by atoms with Gasteiger partial charge in [-0.05, 0) is 18.1 Å². The lowest BCUT2D eigenvalue weighted by molar-refractivity contribution is -0.146. The molecule has 1 amide bonds. The number of para-hydroxylation sites is 1. The van der Waals surface area contributed by atoms with Gasteiger partial charge in [0.05, 0.1) is 7.11 Å². The number of hydrogen-bond acceptors (Lipinski definition) is 4. The number of carbonyl (C=O) groups excluding carboxylic acids is 2. The molecule has 21 heavy (non-hydrogen) atoms. The van der Waals surface area contributed by atoms with E-state index in [1.54, 1.807) is 12.1 Å². The molecule has 0 saturated carbocycles. The average Bonchev–Trinajstić information content (AvgIpc) is 2.49. The van der Waals surface area contributed by atoms with Crippen LogP contribution >= 0.6 is 11.6 Å². The quantitative estimate of drug-likeness (QED) is 0.617. The van der Waals surface area contributed by atoms with Crippen molar-refractivity contribution >= 4 is 23.5 Å². The van der Waals surface area contributed by atoms with Crippen molar-refractivity contribution in [2.24, 2.45) is 5.92 Å². The molecule has 6 heteroatoms. The van der Waals surface area contributed by atoms with Crippen LogP contribution in [0.1, 0.15) is 13.8 Å². The highest BCUT2D eigenvalue weighted by Crippen LogP contribution is 2.11. The van der Waals surface area contributed by atoms with Gasteiger partial charge in [0.1, 0.15) is 23.8 Å². The van der Waals surface area contributed by atoms with Crippen LogP contribution in [0.15, 0.2) is 30.3 Å². The van der Waals surface area contributed by atoms with E-state index in [1.165, 1.54) is 7.11 Å². The van der Waals surface area contributed by atoms with Gasteiger partial charge in [-0.25, -0.2) is 4.79 Å². The third-order valence-corrected chi connectivity index (χ3v) is 3.17. The maximum Gasteiger partial charge on any atom is 0.328 e. The van der Waals surface area contributed by atoms with Crippen LogP contribution in [0.4, 0.5) is 0 Å². The highest BCUT2D eigenvalue weighted by atomic mass is 35.5. The van der Waals surface area contributed by atoms with Crippen molar-refractivity contribution in [3.8, 4) is 5.75 Å². The van der Waals surface area contributed by atoms with Gasteiger partial charge in [0.15, 0.2) is 0 Å². The number of halogens is 1. The summed E-state index contributed by atoms with van der Waals surface area (Å²) in [5.74, 6) is -0.424. The van der Waals surface area contributed by atoms with Crippen molar-refractivity contribution < 1.29 is 19.1 Å². The Balaban J connectivity index is 2.51. The molecular formula is C15H20ClNO4. The van der Waals surface area contributed by atoms with Crippen LogP contribution in [0.5, 0.6) is 5.75 Å². The summed E-state index contributed by atoms with van der Waals surface area (Å²) in [7, 11) is 1.28. The lowest BCUT2D eigenvalue weighted by Gasteiger charge is -2.21.